The standard InChI is InChI=1S/C12H14N2O/c1-9-12-4-3-10(8-14-15-2)7-11(12)5-6-13-9/h3-7,14H,8H2,1-2H3. The van der Waals surface area contributed by atoms with E-state index >= 15 is 0 Å². The van der Waals surface area contributed by atoms with Crippen molar-refractivity contribution in [2.24, 2.45) is 0 Å². The lowest BCUT2D eigenvalue weighted by molar-refractivity contribution is 0.0867. The molecule has 0 saturated heterocycles. The summed E-state index contributed by atoms with van der Waals surface area (Å²) in [5.41, 5.74) is 5.10. The molecule has 0 saturated carbocycles. The third kappa shape index (κ3) is 2.14. The molecule has 0 aliphatic heterocycles. The molecule has 0 unspecified atom stereocenters. The summed E-state index contributed by atoms with van der Waals surface area (Å²) < 4.78 is 0. The fourth-order valence-corrected chi connectivity index (χ4v) is 1.64. The van der Waals surface area contributed by atoms with Crippen molar-refractivity contribution in [3.8, 4) is 0 Å². The summed E-state index contributed by atoms with van der Waals surface area (Å²) in [5.74, 6) is 0. The normalized spacial score (nSPS) is 10.8. The fourth-order valence-electron chi connectivity index (χ4n) is 1.64. The molecular weight excluding hydrogens is 188 g/mol. The molecule has 0 radical (unpaired) electrons. The van der Waals surface area contributed by atoms with Crippen LogP contribution < -0.4 is 5.48 Å². The Bertz CT molecular complexity index is 468. The maximum absolute atomic E-state index is 4.82. The maximum atomic E-state index is 4.82. The molecule has 0 amide bonds. The number of hydrogen-bond donors (Lipinski definition) is 1. The van der Waals surface area contributed by atoms with Gasteiger partial charge in [-0.05, 0) is 30.0 Å². The van der Waals surface area contributed by atoms with E-state index in [-0.39, 0.29) is 0 Å². The van der Waals surface area contributed by atoms with E-state index in [1.54, 1.807) is 7.11 Å². The highest BCUT2D eigenvalue weighted by atomic mass is 16.6. The average molecular weight is 202 g/mol. The summed E-state index contributed by atoms with van der Waals surface area (Å²) in [7, 11) is 1.62. The Hall–Kier alpha value is -1.45. The van der Waals surface area contributed by atoms with Crippen LogP contribution >= 0.6 is 0 Å². The average Bonchev–Trinajstić information content (AvgIpc) is 2.26. The Labute approximate surface area is 89.0 Å². The van der Waals surface area contributed by atoms with Crippen molar-refractivity contribution < 1.29 is 4.84 Å². The van der Waals surface area contributed by atoms with Gasteiger partial charge >= 0.3 is 0 Å². The van der Waals surface area contributed by atoms with E-state index in [1.165, 1.54) is 16.3 Å². The molecule has 3 nitrogen and oxygen atoms in total. The van der Waals surface area contributed by atoms with Gasteiger partial charge in [0.05, 0.1) is 7.11 Å². The molecule has 0 spiro atoms. The third-order valence-corrected chi connectivity index (χ3v) is 2.45. The number of fused-ring (bicyclic) bond motifs is 1. The number of pyridine rings is 1. The first-order chi connectivity index (χ1) is 7.31. The number of aryl methyl sites for hydroxylation is 1. The molecule has 1 aromatic heterocycles. The highest BCUT2D eigenvalue weighted by molar-refractivity contribution is 5.84. The first-order valence-corrected chi connectivity index (χ1v) is 4.91. The molecule has 78 valence electrons. The number of hydroxylamine groups is 1. The molecule has 0 aliphatic carbocycles. The van der Waals surface area contributed by atoms with Crippen molar-refractivity contribution in [1.29, 1.82) is 0 Å². The zero-order valence-corrected chi connectivity index (χ0v) is 8.95. The lowest BCUT2D eigenvalue weighted by Gasteiger charge is -2.05. The van der Waals surface area contributed by atoms with Crippen molar-refractivity contribution in [3.63, 3.8) is 0 Å². The molecule has 1 heterocycles. The summed E-state index contributed by atoms with van der Waals surface area (Å²) in [6.07, 6.45) is 1.84. The van der Waals surface area contributed by atoms with Gasteiger partial charge in [-0.15, -0.1) is 0 Å². The van der Waals surface area contributed by atoms with Gasteiger partial charge in [-0.2, -0.15) is 5.48 Å². The number of aromatic nitrogens is 1. The van der Waals surface area contributed by atoms with Crippen LogP contribution in [0.25, 0.3) is 10.8 Å². The van der Waals surface area contributed by atoms with E-state index in [0.717, 1.165) is 5.69 Å². The van der Waals surface area contributed by atoms with E-state index < -0.39 is 0 Å². The Kier molecular flexibility index (Phi) is 2.94. The van der Waals surface area contributed by atoms with Gasteiger partial charge in [-0.3, -0.25) is 4.98 Å². The van der Waals surface area contributed by atoms with E-state index in [0.29, 0.717) is 6.54 Å². The van der Waals surface area contributed by atoms with Gasteiger partial charge in [-0.25, -0.2) is 0 Å². The van der Waals surface area contributed by atoms with Crippen molar-refractivity contribution in [2.45, 2.75) is 13.5 Å². The van der Waals surface area contributed by atoms with Gasteiger partial charge < -0.3 is 4.84 Å². The van der Waals surface area contributed by atoms with Crippen LogP contribution in [0.5, 0.6) is 0 Å². The van der Waals surface area contributed by atoms with Crippen LogP contribution in [-0.2, 0) is 11.4 Å². The van der Waals surface area contributed by atoms with E-state index in [1.807, 2.05) is 19.2 Å². The number of nitrogens with zero attached hydrogens (tertiary/aromatic N) is 1. The minimum absolute atomic E-state index is 0.716. The first kappa shape index (κ1) is 10.1. The second-order valence-electron chi connectivity index (χ2n) is 3.48. The van der Waals surface area contributed by atoms with Crippen LogP contribution in [0.3, 0.4) is 0 Å². The molecule has 2 rings (SSSR count). The Morgan fingerprint density at radius 1 is 1.33 bits per heavy atom. The largest absolute Gasteiger partial charge is 0.305 e. The molecule has 3 heteroatoms. The molecule has 1 N–H and O–H groups in total. The number of nitrogens with one attached hydrogen (secondary N) is 1. The quantitative estimate of drug-likeness (QED) is 0.775. The first-order valence-electron chi connectivity index (χ1n) is 4.91. The van der Waals surface area contributed by atoms with Crippen molar-refractivity contribution in [3.05, 3.63) is 41.7 Å². The molecule has 0 atom stereocenters. The Balaban J connectivity index is 2.39. The summed E-state index contributed by atoms with van der Waals surface area (Å²) in [5, 5.41) is 2.43. The van der Waals surface area contributed by atoms with Crippen LogP contribution in [0.1, 0.15) is 11.3 Å². The lowest BCUT2D eigenvalue weighted by atomic mass is 10.1. The minimum atomic E-state index is 0.716. The molecule has 0 bridgehead atoms. The zero-order chi connectivity index (χ0) is 10.7. The van der Waals surface area contributed by atoms with Crippen molar-refractivity contribution in [2.75, 3.05) is 7.11 Å². The fraction of sp³-hybridized carbons (Fsp3) is 0.250. The summed E-state index contributed by atoms with van der Waals surface area (Å²) in [6, 6.07) is 8.36. The van der Waals surface area contributed by atoms with Crippen LogP contribution in [0.15, 0.2) is 30.5 Å². The maximum Gasteiger partial charge on any atom is 0.0572 e. The number of rotatable bonds is 3. The Morgan fingerprint density at radius 2 is 2.20 bits per heavy atom. The van der Waals surface area contributed by atoms with E-state index in [2.05, 4.69) is 28.7 Å². The predicted octanol–water partition coefficient (Wildman–Crippen LogP) is 2.19. The van der Waals surface area contributed by atoms with Crippen molar-refractivity contribution in [1.82, 2.24) is 10.5 Å². The van der Waals surface area contributed by atoms with Gasteiger partial charge in [-0.1, -0.05) is 12.1 Å². The lowest BCUT2D eigenvalue weighted by Crippen LogP contribution is -2.10. The SMILES string of the molecule is CONCc1ccc2c(C)nccc2c1. The molecule has 0 fully saturated rings. The highest BCUT2D eigenvalue weighted by Crippen LogP contribution is 2.17. The van der Waals surface area contributed by atoms with Crippen LogP contribution in [0.2, 0.25) is 0 Å². The second kappa shape index (κ2) is 4.38. The van der Waals surface area contributed by atoms with Crippen LogP contribution in [-0.4, -0.2) is 12.1 Å². The molecule has 1 aromatic carbocycles. The molecule has 2 aromatic rings. The highest BCUT2D eigenvalue weighted by Gasteiger charge is 1.99. The molecule has 0 aliphatic rings. The van der Waals surface area contributed by atoms with Gasteiger partial charge in [0.2, 0.25) is 0 Å². The minimum Gasteiger partial charge on any atom is -0.305 e. The van der Waals surface area contributed by atoms with Gasteiger partial charge in [0.15, 0.2) is 0 Å². The van der Waals surface area contributed by atoms with Gasteiger partial charge in [0.1, 0.15) is 0 Å². The zero-order valence-electron chi connectivity index (χ0n) is 8.95. The van der Waals surface area contributed by atoms with Crippen LogP contribution in [0.4, 0.5) is 0 Å². The summed E-state index contributed by atoms with van der Waals surface area (Å²) in [6.45, 7) is 2.74. The molecule has 15 heavy (non-hydrogen) atoms. The third-order valence-electron chi connectivity index (χ3n) is 2.45. The monoisotopic (exact) mass is 202 g/mol. The van der Waals surface area contributed by atoms with E-state index in [4.69, 9.17) is 4.84 Å². The molecular formula is C12H14N2O. The summed E-state index contributed by atoms with van der Waals surface area (Å²) >= 11 is 0. The van der Waals surface area contributed by atoms with Crippen LogP contribution in [0, 0.1) is 6.92 Å². The topological polar surface area (TPSA) is 34.1 Å². The number of hydrogen-bond acceptors (Lipinski definition) is 3. The van der Waals surface area contributed by atoms with E-state index in [9.17, 15) is 0 Å². The van der Waals surface area contributed by atoms with Crippen molar-refractivity contribution >= 4 is 10.8 Å². The number of benzene rings is 1. The van der Waals surface area contributed by atoms with Gasteiger partial charge in [0.25, 0.3) is 0 Å². The smallest absolute Gasteiger partial charge is 0.0572 e. The van der Waals surface area contributed by atoms with Gasteiger partial charge in [0, 0.05) is 23.8 Å². The predicted molar refractivity (Wildman–Crippen MR) is 60.3 cm³/mol. The summed E-state index contributed by atoms with van der Waals surface area (Å²) in [4.78, 5) is 9.08. The second-order valence-corrected chi connectivity index (χ2v) is 3.48. The Morgan fingerprint density at radius 3 is 3.00 bits per heavy atom.